The van der Waals surface area contributed by atoms with E-state index in [1.807, 2.05) is 6.07 Å². The molecule has 0 saturated carbocycles. The molecule has 30 heavy (non-hydrogen) atoms. The molecule has 0 aliphatic carbocycles. The molecular formula is C21H15Cl2N3O3S. The third kappa shape index (κ3) is 3.67. The first-order valence-electron chi connectivity index (χ1n) is 8.83. The highest BCUT2D eigenvalue weighted by Crippen LogP contribution is 2.29. The van der Waals surface area contributed by atoms with Gasteiger partial charge in [-0.2, -0.15) is 0 Å². The van der Waals surface area contributed by atoms with Gasteiger partial charge in [0.05, 0.1) is 32.3 Å². The van der Waals surface area contributed by atoms with Gasteiger partial charge in [0.25, 0.3) is 15.6 Å². The lowest BCUT2D eigenvalue weighted by molar-refractivity contribution is 0.601. The van der Waals surface area contributed by atoms with Gasteiger partial charge in [-0.3, -0.25) is 14.1 Å². The molecule has 0 amide bonds. The molecule has 6 nitrogen and oxygen atoms in total. The fourth-order valence-electron chi connectivity index (χ4n) is 3.14. The average molecular weight is 460 g/mol. The van der Waals surface area contributed by atoms with E-state index in [2.05, 4.69) is 9.71 Å². The van der Waals surface area contributed by atoms with Gasteiger partial charge >= 0.3 is 0 Å². The molecule has 0 radical (unpaired) electrons. The van der Waals surface area contributed by atoms with E-state index in [1.54, 1.807) is 43.3 Å². The highest BCUT2D eigenvalue weighted by molar-refractivity contribution is 7.92. The number of aryl methyl sites for hydroxylation is 1. The molecule has 4 aromatic rings. The monoisotopic (exact) mass is 459 g/mol. The summed E-state index contributed by atoms with van der Waals surface area (Å²) in [7, 11) is -3.99. The Balaban J connectivity index is 1.83. The molecule has 0 saturated heterocycles. The Morgan fingerprint density at radius 2 is 1.63 bits per heavy atom. The number of aromatic nitrogens is 2. The largest absolute Gasteiger partial charge is 0.278 e. The second kappa shape index (κ2) is 7.75. The number of anilines is 1. The predicted octanol–water partition coefficient (Wildman–Crippen LogP) is 4.80. The van der Waals surface area contributed by atoms with Crippen LogP contribution in [0.1, 0.15) is 5.82 Å². The number of nitrogens with one attached hydrogen (secondary N) is 1. The number of fused-ring (bicyclic) bond motifs is 1. The number of hydrogen-bond donors (Lipinski definition) is 1. The minimum atomic E-state index is -3.99. The Morgan fingerprint density at radius 3 is 2.40 bits per heavy atom. The van der Waals surface area contributed by atoms with Crippen LogP contribution >= 0.6 is 23.2 Å². The van der Waals surface area contributed by atoms with Gasteiger partial charge in [-0.25, -0.2) is 13.4 Å². The fraction of sp³-hybridized carbons (Fsp3) is 0.0476. The van der Waals surface area contributed by atoms with E-state index in [9.17, 15) is 13.2 Å². The van der Waals surface area contributed by atoms with Crippen LogP contribution in [0.25, 0.3) is 16.6 Å². The van der Waals surface area contributed by atoms with E-state index in [4.69, 9.17) is 23.2 Å². The van der Waals surface area contributed by atoms with Crippen molar-refractivity contribution in [1.82, 2.24) is 9.55 Å². The first-order valence-corrected chi connectivity index (χ1v) is 11.1. The molecule has 0 spiro atoms. The van der Waals surface area contributed by atoms with E-state index < -0.39 is 10.0 Å². The lowest BCUT2D eigenvalue weighted by atomic mass is 10.2. The molecule has 0 fully saturated rings. The third-order valence-corrected chi connectivity index (χ3v) is 6.72. The van der Waals surface area contributed by atoms with E-state index in [1.165, 1.54) is 28.8 Å². The Labute approximate surface area is 182 Å². The van der Waals surface area contributed by atoms with Crippen LogP contribution in [0.2, 0.25) is 10.0 Å². The Morgan fingerprint density at radius 1 is 0.933 bits per heavy atom. The van der Waals surface area contributed by atoms with Crippen LogP contribution in [0.3, 0.4) is 0 Å². The molecule has 0 aliphatic rings. The van der Waals surface area contributed by atoms with Crippen LogP contribution in [-0.4, -0.2) is 18.0 Å². The van der Waals surface area contributed by atoms with Crippen molar-refractivity contribution in [3.8, 4) is 5.69 Å². The third-order valence-electron chi connectivity index (χ3n) is 4.52. The lowest BCUT2D eigenvalue weighted by Gasteiger charge is -2.15. The highest BCUT2D eigenvalue weighted by Gasteiger charge is 2.20. The summed E-state index contributed by atoms with van der Waals surface area (Å²) in [6.07, 6.45) is 0. The molecule has 0 aliphatic heterocycles. The second-order valence-electron chi connectivity index (χ2n) is 6.52. The Bertz CT molecular complexity index is 1450. The van der Waals surface area contributed by atoms with Crippen LogP contribution in [0.4, 0.5) is 5.69 Å². The van der Waals surface area contributed by atoms with Crippen molar-refractivity contribution in [1.29, 1.82) is 0 Å². The number of benzene rings is 3. The number of nitrogens with zero attached hydrogens (tertiary/aromatic N) is 2. The molecule has 0 unspecified atom stereocenters. The van der Waals surface area contributed by atoms with Gasteiger partial charge in [-0.1, -0.05) is 47.5 Å². The first kappa shape index (κ1) is 20.4. The number of hydrogen-bond acceptors (Lipinski definition) is 4. The van der Waals surface area contributed by atoms with Crippen molar-refractivity contribution in [2.24, 2.45) is 0 Å². The Kier molecular flexibility index (Phi) is 5.27. The molecule has 152 valence electrons. The highest BCUT2D eigenvalue weighted by atomic mass is 35.5. The standard InChI is InChI=1S/C21H15Cl2N3O3S/c1-13-24-18-8-4-2-6-15(18)21(27)26(13)14-10-11-16(22)19(12-14)25-30(28,29)20-9-5-3-7-17(20)23/h2-12,25H,1H3. The molecule has 1 N–H and O–H groups in total. The fourth-order valence-corrected chi connectivity index (χ4v) is 4.95. The molecule has 0 bridgehead atoms. The zero-order valence-electron chi connectivity index (χ0n) is 15.6. The van der Waals surface area contributed by atoms with Gasteiger partial charge in [0.15, 0.2) is 0 Å². The van der Waals surface area contributed by atoms with E-state index >= 15 is 0 Å². The van der Waals surface area contributed by atoms with Gasteiger partial charge in [0, 0.05) is 0 Å². The van der Waals surface area contributed by atoms with E-state index in [-0.39, 0.29) is 26.2 Å². The maximum atomic E-state index is 13.0. The summed E-state index contributed by atoms with van der Waals surface area (Å²) in [6.45, 7) is 1.70. The van der Waals surface area contributed by atoms with Gasteiger partial charge in [-0.05, 0) is 49.4 Å². The van der Waals surface area contributed by atoms with Crippen LogP contribution < -0.4 is 10.3 Å². The summed E-state index contributed by atoms with van der Waals surface area (Å²) in [4.78, 5) is 17.4. The summed E-state index contributed by atoms with van der Waals surface area (Å²) >= 11 is 12.3. The molecule has 1 aromatic heterocycles. The van der Waals surface area contributed by atoms with Crippen LogP contribution in [-0.2, 0) is 10.0 Å². The quantitative estimate of drug-likeness (QED) is 0.474. The number of para-hydroxylation sites is 1. The maximum Gasteiger partial charge on any atom is 0.265 e. The summed E-state index contributed by atoms with van der Waals surface area (Å²) in [5.74, 6) is 0.459. The molecule has 3 aromatic carbocycles. The van der Waals surface area contributed by atoms with Crippen molar-refractivity contribution < 1.29 is 8.42 Å². The zero-order chi connectivity index (χ0) is 21.5. The summed E-state index contributed by atoms with van der Waals surface area (Å²) in [5, 5.41) is 0.716. The summed E-state index contributed by atoms with van der Waals surface area (Å²) in [5.41, 5.74) is 0.871. The predicted molar refractivity (Wildman–Crippen MR) is 119 cm³/mol. The van der Waals surface area contributed by atoms with Gasteiger partial charge in [-0.15, -0.1) is 0 Å². The summed E-state index contributed by atoms with van der Waals surface area (Å²) in [6, 6.07) is 17.7. The minimum Gasteiger partial charge on any atom is -0.278 e. The summed E-state index contributed by atoms with van der Waals surface area (Å²) < 4.78 is 29.5. The van der Waals surface area contributed by atoms with Gasteiger partial charge < -0.3 is 0 Å². The Hall–Kier alpha value is -2.87. The van der Waals surface area contributed by atoms with Crippen LogP contribution in [0.5, 0.6) is 0 Å². The van der Waals surface area contributed by atoms with Crippen molar-refractivity contribution in [3.63, 3.8) is 0 Å². The SMILES string of the molecule is Cc1nc2ccccc2c(=O)n1-c1ccc(Cl)c(NS(=O)(=O)c2ccccc2Cl)c1. The van der Waals surface area contributed by atoms with Gasteiger partial charge in [0.1, 0.15) is 10.7 Å². The maximum absolute atomic E-state index is 13.0. The minimum absolute atomic E-state index is 0.0751. The number of sulfonamides is 1. The van der Waals surface area contributed by atoms with Crippen molar-refractivity contribution in [2.75, 3.05) is 4.72 Å². The van der Waals surface area contributed by atoms with Crippen molar-refractivity contribution >= 4 is 49.8 Å². The van der Waals surface area contributed by atoms with Crippen LogP contribution in [0.15, 0.2) is 76.4 Å². The van der Waals surface area contributed by atoms with Crippen molar-refractivity contribution in [3.05, 3.63) is 93.0 Å². The normalized spacial score (nSPS) is 11.6. The van der Waals surface area contributed by atoms with Crippen molar-refractivity contribution in [2.45, 2.75) is 11.8 Å². The van der Waals surface area contributed by atoms with Gasteiger partial charge in [0.2, 0.25) is 0 Å². The zero-order valence-corrected chi connectivity index (χ0v) is 18.0. The average Bonchev–Trinajstić information content (AvgIpc) is 2.70. The van der Waals surface area contributed by atoms with Crippen LogP contribution in [0, 0.1) is 6.92 Å². The first-order chi connectivity index (χ1) is 14.3. The molecule has 0 atom stereocenters. The van der Waals surface area contributed by atoms with E-state index in [0.29, 0.717) is 22.4 Å². The molecular weight excluding hydrogens is 445 g/mol. The topological polar surface area (TPSA) is 81.1 Å². The molecule has 9 heteroatoms. The van der Waals surface area contributed by atoms with E-state index in [0.717, 1.165) is 0 Å². The molecule has 1 heterocycles. The number of rotatable bonds is 4. The smallest absolute Gasteiger partial charge is 0.265 e. The lowest BCUT2D eigenvalue weighted by Crippen LogP contribution is -2.22. The number of halogens is 2. The second-order valence-corrected chi connectivity index (χ2v) is 8.98. The molecule has 4 rings (SSSR count).